The van der Waals surface area contributed by atoms with Crippen molar-refractivity contribution in [2.75, 3.05) is 12.8 Å². The van der Waals surface area contributed by atoms with Crippen molar-refractivity contribution >= 4 is 22.2 Å². The van der Waals surface area contributed by atoms with Gasteiger partial charge in [-0.1, -0.05) is 30.3 Å². The Morgan fingerprint density at radius 3 is 2.62 bits per heavy atom. The highest BCUT2D eigenvalue weighted by molar-refractivity contribution is 7.19. The smallest absolute Gasteiger partial charge is 0.254 e. The van der Waals surface area contributed by atoms with Crippen molar-refractivity contribution in [1.29, 1.82) is 0 Å². The Hall–Kier alpha value is -1.81. The molecule has 0 unspecified atom stereocenters. The molecule has 0 fully saturated rings. The molecule has 3 nitrogen and oxygen atoms in total. The predicted molar refractivity (Wildman–Crippen MR) is 67.6 cm³/mol. The van der Waals surface area contributed by atoms with Gasteiger partial charge >= 0.3 is 0 Å². The summed E-state index contributed by atoms with van der Waals surface area (Å²) in [6, 6.07) is 11.7. The molecule has 0 saturated heterocycles. The molecule has 1 heterocycles. The van der Waals surface area contributed by atoms with Gasteiger partial charge in [-0.2, -0.15) is 0 Å². The van der Waals surface area contributed by atoms with Crippen LogP contribution in [0.4, 0.5) is 5.00 Å². The Balaban J connectivity index is 2.42. The number of carbonyl (C=O) groups excluding carboxylic acids is 1. The number of hydrogen-bond acceptors (Lipinski definition) is 3. The molecular weight excluding hydrogens is 220 g/mol. The molecule has 2 rings (SSSR count). The average Bonchev–Trinajstić information content (AvgIpc) is 2.71. The Kier molecular flexibility index (Phi) is 2.92. The minimum atomic E-state index is -0.143. The standard InChI is InChI=1S/C12H12N2OS/c1-14-12(15)9-7-10(16-11(9)13)8-5-3-2-4-6-8/h2-7H,13H2,1H3,(H,14,15). The second-order valence-electron chi connectivity index (χ2n) is 3.33. The number of thiophene rings is 1. The van der Waals surface area contributed by atoms with Gasteiger partial charge in [0, 0.05) is 11.9 Å². The number of carbonyl (C=O) groups is 1. The van der Waals surface area contributed by atoms with Crippen molar-refractivity contribution in [2.45, 2.75) is 0 Å². The number of hydrogen-bond donors (Lipinski definition) is 2. The van der Waals surface area contributed by atoms with Crippen LogP contribution >= 0.6 is 11.3 Å². The van der Waals surface area contributed by atoms with E-state index in [1.165, 1.54) is 11.3 Å². The summed E-state index contributed by atoms with van der Waals surface area (Å²) in [6.07, 6.45) is 0. The number of anilines is 1. The minimum absolute atomic E-state index is 0.143. The fourth-order valence-electron chi connectivity index (χ4n) is 1.46. The van der Waals surface area contributed by atoms with Gasteiger partial charge in [-0.05, 0) is 11.6 Å². The SMILES string of the molecule is CNC(=O)c1cc(-c2ccccc2)sc1N. The lowest BCUT2D eigenvalue weighted by molar-refractivity contribution is 0.0964. The zero-order valence-corrected chi connectivity index (χ0v) is 9.67. The molecule has 0 aliphatic rings. The highest BCUT2D eigenvalue weighted by Crippen LogP contribution is 2.33. The molecule has 0 saturated carbocycles. The van der Waals surface area contributed by atoms with E-state index in [-0.39, 0.29) is 5.91 Å². The molecule has 1 amide bonds. The minimum Gasteiger partial charge on any atom is -0.390 e. The number of nitrogens with two attached hydrogens (primary N) is 1. The molecule has 0 spiro atoms. The van der Waals surface area contributed by atoms with E-state index in [0.717, 1.165) is 10.4 Å². The number of nitrogens with one attached hydrogen (secondary N) is 1. The quantitative estimate of drug-likeness (QED) is 0.835. The third-order valence-corrected chi connectivity index (χ3v) is 3.30. The van der Waals surface area contributed by atoms with E-state index >= 15 is 0 Å². The molecule has 82 valence electrons. The van der Waals surface area contributed by atoms with Gasteiger partial charge < -0.3 is 11.1 Å². The maximum absolute atomic E-state index is 11.5. The van der Waals surface area contributed by atoms with Crippen molar-refractivity contribution in [2.24, 2.45) is 0 Å². The van der Waals surface area contributed by atoms with Crippen LogP contribution in [0.25, 0.3) is 10.4 Å². The van der Waals surface area contributed by atoms with Crippen molar-refractivity contribution in [3.05, 3.63) is 42.0 Å². The summed E-state index contributed by atoms with van der Waals surface area (Å²) >= 11 is 1.43. The maximum Gasteiger partial charge on any atom is 0.254 e. The van der Waals surface area contributed by atoms with E-state index in [2.05, 4.69) is 5.32 Å². The molecule has 0 radical (unpaired) electrons. The van der Waals surface area contributed by atoms with Crippen LogP contribution in [0.15, 0.2) is 36.4 Å². The van der Waals surface area contributed by atoms with Gasteiger partial charge in [-0.25, -0.2) is 0 Å². The number of amides is 1. The lowest BCUT2D eigenvalue weighted by atomic mass is 10.1. The predicted octanol–water partition coefficient (Wildman–Crippen LogP) is 2.36. The van der Waals surface area contributed by atoms with Crippen LogP contribution in [-0.2, 0) is 0 Å². The first-order valence-electron chi connectivity index (χ1n) is 4.89. The Labute approximate surface area is 97.9 Å². The molecule has 1 aromatic heterocycles. The molecule has 1 aromatic carbocycles. The van der Waals surface area contributed by atoms with Gasteiger partial charge in [0.25, 0.3) is 5.91 Å². The van der Waals surface area contributed by atoms with E-state index in [4.69, 9.17) is 5.73 Å². The second-order valence-corrected chi connectivity index (χ2v) is 4.42. The van der Waals surface area contributed by atoms with Gasteiger partial charge in [0.1, 0.15) is 0 Å². The van der Waals surface area contributed by atoms with Crippen molar-refractivity contribution in [3.8, 4) is 10.4 Å². The highest BCUT2D eigenvalue weighted by Gasteiger charge is 2.13. The molecule has 0 aliphatic carbocycles. The van der Waals surface area contributed by atoms with Gasteiger partial charge in [0.05, 0.1) is 10.6 Å². The Bertz CT molecular complexity index is 505. The first kappa shape index (κ1) is 10.7. The van der Waals surface area contributed by atoms with E-state index < -0.39 is 0 Å². The van der Waals surface area contributed by atoms with E-state index in [1.54, 1.807) is 7.05 Å². The monoisotopic (exact) mass is 232 g/mol. The van der Waals surface area contributed by atoms with Crippen LogP contribution in [0.5, 0.6) is 0 Å². The lowest BCUT2D eigenvalue weighted by Gasteiger charge is -1.95. The molecule has 4 heteroatoms. The number of nitrogen functional groups attached to an aromatic ring is 1. The van der Waals surface area contributed by atoms with E-state index in [0.29, 0.717) is 10.6 Å². The fraction of sp³-hybridized carbons (Fsp3) is 0.0833. The van der Waals surface area contributed by atoms with Crippen LogP contribution in [0, 0.1) is 0 Å². The maximum atomic E-state index is 11.5. The fourth-order valence-corrected chi connectivity index (χ4v) is 2.39. The summed E-state index contributed by atoms with van der Waals surface area (Å²) in [5.74, 6) is -0.143. The molecule has 0 aliphatic heterocycles. The van der Waals surface area contributed by atoms with Crippen LogP contribution < -0.4 is 11.1 Å². The summed E-state index contributed by atoms with van der Waals surface area (Å²) in [7, 11) is 1.60. The third kappa shape index (κ3) is 1.92. The van der Waals surface area contributed by atoms with Crippen LogP contribution in [0.3, 0.4) is 0 Å². The number of benzene rings is 1. The lowest BCUT2D eigenvalue weighted by Crippen LogP contribution is -2.17. The van der Waals surface area contributed by atoms with Crippen LogP contribution in [0.1, 0.15) is 10.4 Å². The topological polar surface area (TPSA) is 55.1 Å². The van der Waals surface area contributed by atoms with E-state index in [1.807, 2.05) is 36.4 Å². The van der Waals surface area contributed by atoms with Gasteiger partial charge in [-0.3, -0.25) is 4.79 Å². The van der Waals surface area contributed by atoms with Crippen molar-refractivity contribution < 1.29 is 4.79 Å². The summed E-state index contributed by atoms with van der Waals surface area (Å²) in [6.45, 7) is 0. The largest absolute Gasteiger partial charge is 0.390 e. The zero-order valence-electron chi connectivity index (χ0n) is 8.86. The first-order chi connectivity index (χ1) is 7.72. The third-order valence-electron chi connectivity index (χ3n) is 2.29. The van der Waals surface area contributed by atoms with Crippen LogP contribution in [-0.4, -0.2) is 13.0 Å². The molecular formula is C12H12N2OS. The summed E-state index contributed by atoms with van der Waals surface area (Å²) in [5.41, 5.74) is 7.44. The Morgan fingerprint density at radius 2 is 2.00 bits per heavy atom. The molecule has 3 N–H and O–H groups in total. The second kappa shape index (κ2) is 4.37. The Morgan fingerprint density at radius 1 is 1.31 bits per heavy atom. The first-order valence-corrected chi connectivity index (χ1v) is 5.71. The van der Waals surface area contributed by atoms with Crippen molar-refractivity contribution in [1.82, 2.24) is 5.32 Å². The molecule has 16 heavy (non-hydrogen) atoms. The van der Waals surface area contributed by atoms with Crippen molar-refractivity contribution in [3.63, 3.8) is 0 Å². The normalized spacial score (nSPS) is 10.1. The van der Waals surface area contributed by atoms with Gasteiger partial charge in [0.15, 0.2) is 0 Å². The molecule has 0 bridgehead atoms. The summed E-state index contributed by atoms with van der Waals surface area (Å²) in [5, 5.41) is 3.13. The van der Waals surface area contributed by atoms with Crippen LogP contribution in [0.2, 0.25) is 0 Å². The molecule has 2 aromatic rings. The zero-order chi connectivity index (χ0) is 11.5. The average molecular weight is 232 g/mol. The van der Waals surface area contributed by atoms with Gasteiger partial charge in [0.2, 0.25) is 0 Å². The summed E-state index contributed by atoms with van der Waals surface area (Å²) < 4.78 is 0. The van der Waals surface area contributed by atoms with E-state index in [9.17, 15) is 4.79 Å². The van der Waals surface area contributed by atoms with Gasteiger partial charge in [-0.15, -0.1) is 11.3 Å². The summed E-state index contributed by atoms with van der Waals surface area (Å²) in [4.78, 5) is 12.5. The number of rotatable bonds is 2. The molecule has 0 atom stereocenters. The highest BCUT2D eigenvalue weighted by atomic mass is 32.1.